The molecule has 5 nitrogen and oxygen atoms in total. The molecule has 1 fully saturated rings. The molecule has 1 atom stereocenters. The number of rotatable bonds is 7. The van der Waals surface area contributed by atoms with Gasteiger partial charge in [0.25, 0.3) is 0 Å². The number of methoxy groups -OCH3 is 3. The maximum atomic E-state index is 5.42. The first kappa shape index (κ1) is 18.9. The minimum absolute atomic E-state index is 0. The Morgan fingerprint density at radius 2 is 1.77 bits per heavy atom. The molecule has 1 aromatic rings. The lowest BCUT2D eigenvalue weighted by Gasteiger charge is -2.25. The molecule has 126 valence electrons. The number of likely N-dealkylation sites (N-methyl/N-ethyl adjacent to an activating group) is 1. The third-order valence-corrected chi connectivity index (χ3v) is 4.05. The van der Waals surface area contributed by atoms with Gasteiger partial charge >= 0.3 is 0 Å². The molecule has 0 radical (unpaired) electrons. The summed E-state index contributed by atoms with van der Waals surface area (Å²) in [5.41, 5.74) is 1.19. The maximum absolute atomic E-state index is 5.42. The fourth-order valence-electron chi connectivity index (χ4n) is 3.03. The van der Waals surface area contributed by atoms with Crippen molar-refractivity contribution < 1.29 is 14.2 Å². The van der Waals surface area contributed by atoms with Crippen LogP contribution in [0.15, 0.2) is 12.1 Å². The molecule has 2 rings (SSSR count). The Morgan fingerprint density at radius 3 is 2.27 bits per heavy atom. The van der Waals surface area contributed by atoms with Crippen molar-refractivity contribution in [1.82, 2.24) is 10.2 Å². The number of hydrogen-bond donors (Lipinski definition) is 1. The number of likely N-dealkylation sites (tertiary alicyclic amines) is 1. The first-order valence-corrected chi connectivity index (χ1v) is 7.41. The van der Waals surface area contributed by atoms with Crippen molar-refractivity contribution in [3.8, 4) is 17.2 Å². The fraction of sp³-hybridized carbons (Fsp3) is 0.625. The quantitative estimate of drug-likeness (QED) is 0.831. The summed E-state index contributed by atoms with van der Waals surface area (Å²) in [4.78, 5) is 2.51. The van der Waals surface area contributed by atoms with Crippen molar-refractivity contribution >= 4 is 12.4 Å². The van der Waals surface area contributed by atoms with Crippen LogP contribution in [0.3, 0.4) is 0 Å². The van der Waals surface area contributed by atoms with E-state index >= 15 is 0 Å². The van der Waals surface area contributed by atoms with Gasteiger partial charge in [0.2, 0.25) is 5.75 Å². The van der Waals surface area contributed by atoms with Crippen LogP contribution in [0.1, 0.15) is 18.4 Å². The van der Waals surface area contributed by atoms with Gasteiger partial charge in [-0.3, -0.25) is 4.90 Å². The van der Waals surface area contributed by atoms with Crippen molar-refractivity contribution in [2.24, 2.45) is 0 Å². The molecule has 1 unspecified atom stereocenters. The van der Waals surface area contributed by atoms with Gasteiger partial charge in [0.05, 0.1) is 21.3 Å². The highest BCUT2D eigenvalue weighted by atomic mass is 35.5. The van der Waals surface area contributed by atoms with Crippen LogP contribution in [-0.4, -0.2) is 52.4 Å². The molecule has 0 spiro atoms. The zero-order valence-electron chi connectivity index (χ0n) is 13.8. The highest BCUT2D eigenvalue weighted by molar-refractivity contribution is 5.85. The maximum Gasteiger partial charge on any atom is 0.203 e. The zero-order chi connectivity index (χ0) is 15.2. The van der Waals surface area contributed by atoms with Crippen LogP contribution in [0.25, 0.3) is 0 Å². The molecule has 1 saturated heterocycles. The average Bonchev–Trinajstić information content (AvgIpc) is 2.93. The smallest absolute Gasteiger partial charge is 0.203 e. The first-order valence-electron chi connectivity index (χ1n) is 7.41. The average molecular weight is 331 g/mol. The number of hydrogen-bond acceptors (Lipinski definition) is 5. The van der Waals surface area contributed by atoms with Crippen molar-refractivity contribution in [3.05, 3.63) is 17.7 Å². The molecular formula is C16H27ClN2O3. The molecule has 1 aromatic carbocycles. The van der Waals surface area contributed by atoms with Crippen LogP contribution < -0.4 is 19.5 Å². The lowest BCUT2D eigenvalue weighted by Crippen LogP contribution is -2.36. The minimum atomic E-state index is 0. The molecule has 0 saturated carbocycles. The summed E-state index contributed by atoms with van der Waals surface area (Å²) in [6, 6.07) is 4.68. The molecule has 22 heavy (non-hydrogen) atoms. The number of ether oxygens (including phenoxy) is 3. The molecule has 1 aliphatic heterocycles. The summed E-state index contributed by atoms with van der Waals surface area (Å²) in [6.45, 7) is 3.08. The normalized spacial score (nSPS) is 17.9. The zero-order valence-corrected chi connectivity index (χ0v) is 14.7. The largest absolute Gasteiger partial charge is 0.493 e. The lowest BCUT2D eigenvalue weighted by atomic mass is 10.1. The summed E-state index contributed by atoms with van der Waals surface area (Å²) >= 11 is 0. The van der Waals surface area contributed by atoms with Gasteiger partial charge < -0.3 is 19.5 Å². The van der Waals surface area contributed by atoms with Gasteiger partial charge in [-0.25, -0.2) is 0 Å². The summed E-state index contributed by atoms with van der Waals surface area (Å²) in [5.74, 6) is 2.09. The Hall–Kier alpha value is -1.17. The Kier molecular flexibility index (Phi) is 7.79. The van der Waals surface area contributed by atoms with E-state index in [4.69, 9.17) is 14.2 Å². The van der Waals surface area contributed by atoms with E-state index in [2.05, 4.69) is 10.2 Å². The van der Waals surface area contributed by atoms with E-state index in [1.807, 2.05) is 19.2 Å². The number of benzene rings is 1. The third-order valence-electron chi connectivity index (χ3n) is 4.05. The van der Waals surface area contributed by atoms with Crippen LogP contribution >= 0.6 is 12.4 Å². The summed E-state index contributed by atoms with van der Waals surface area (Å²) in [7, 11) is 6.95. The Morgan fingerprint density at radius 1 is 1.14 bits per heavy atom. The van der Waals surface area contributed by atoms with Crippen molar-refractivity contribution in [2.75, 3.05) is 41.5 Å². The number of halogens is 1. The Bertz CT molecular complexity index is 446. The van der Waals surface area contributed by atoms with E-state index < -0.39 is 0 Å². The second kappa shape index (κ2) is 9.08. The topological polar surface area (TPSA) is 43.0 Å². The van der Waals surface area contributed by atoms with E-state index in [1.54, 1.807) is 21.3 Å². The molecule has 1 N–H and O–H groups in total. The first-order chi connectivity index (χ1) is 10.2. The van der Waals surface area contributed by atoms with Crippen LogP contribution in [0.5, 0.6) is 17.2 Å². The van der Waals surface area contributed by atoms with E-state index in [0.29, 0.717) is 11.8 Å². The van der Waals surface area contributed by atoms with Gasteiger partial charge in [0, 0.05) is 19.1 Å². The standard InChI is InChI=1S/C16H26N2O3.ClH/c1-17-10-13-6-5-7-18(13)11-12-8-14(19-2)16(21-4)15(9-12)20-3;/h8-9,13,17H,5-7,10-11H2,1-4H3;1H. The Balaban J connectivity index is 0.00000242. The molecule has 6 heteroatoms. The number of nitrogens with zero attached hydrogens (tertiary/aromatic N) is 1. The Labute approximate surface area is 139 Å². The molecule has 1 aliphatic rings. The van der Waals surface area contributed by atoms with E-state index in [9.17, 15) is 0 Å². The van der Waals surface area contributed by atoms with Crippen molar-refractivity contribution in [1.29, 1.82) is 0 Å². The molecule has 0 amide bonds. The predicted molar refractivity (Wildman–Crippen MR) is 90.7 cm³/mol. The van der Waals surface area contributed by atoms with Gasteiger partial charge in [0.1, 0.15) is 0 Å². The third kappa shape index (κ3) is 4.18. The van der Waals surface area contributed by atoms with Crippen molar-refractivity contribution in [3.63, 3.8) is 0 Å². The molecule has 0 aromatic heterocycles. The van der Waals surface area contributed by atoms with Crippen LogP contribution in [-0.2, 0) is 6.54 Å². The van der Waals surface area contributed by atoms with Gasteiger partial charge in [-0.15, -0.1) is 12.4 Å². The van der Waals surface area contributed by atoms with Gasteiger partial charge in [-0.1, -0.05) is 0 Å². The molecule has 0 aliphatic carbocycles. The summed E-state index contributed by atoms with van der Waals surface area (Å²) in [6.07, 6.45) is 2.52. The SMILES string of the molecule is CNCC1CCCN1Cc1cc(OC)c(OC)c(OC)c1.Cl. The van der Waals surface area contributed by atoms with Gasteiger partial charge in [-0.2, -0.15) is 0 Å². The molecular weight excluding hydrogens is 304 g/mol. The monoisotopic (exact) mass is 330 g/mol. The highest BCUT2D eigenvalue weighted by Crippen LogP contribution is 2.38. The van der Waals surface area contributed by atoms with Gasteiger partial charge in [0.15, 0.2) is 11.5 Å². The summed E-state index contributed by atoms with van der Waals surface area (Å²) < 4.78 is 16.2. The second-order valence-corrected chi connectivity index (χ2v) is 5.36. The van der Waals surface area contributed by atoms with Crippen LogP contribution in [0.4, 0.5) is 0 Å². The van der Waals surface area contributed by atoms with Crippen LogP contribution in [0, 0.1) is 0 Å². The van der Waals surface area contributed by atoms with E-state index in [1.165, 1.54) is 18.4 Å². The second-order valence-electron chi connectivity index (χ2n) is 5.36. The van der Waals surface area contributed by atoms with Crippen LogP contribution in [0.2, 0.25) is 0 Å². The number of nitrogens with one attached hydrogen (secondary N) is 1. The van der Waals surface area contributed by atoms with Gasteiger partial charge in [-0.05, 0) is 44.1 Å². The van der Waals surface area contributed by atoms with Crippen molar-refractivity contribution in [2.45, 2.75) is 25.4 Å². The highest BCUT2D eigenvalue weighted by Gasteiger charge is 2.24. The molecule has 0 bridgehead atoms. The lowest BCUT2D eigenvalue weighted by molar-refractivity contribution is 0.241. The summed E-state index contributed by atoms with van der Waals surface area (Å²) in [5, 5.41) is 3.28. The predicted octanol–water partition coefficient (Wildman–Crippen LogP) is 2.32. The fourth-order valence-corrected chi connectivity index (χ4v) is 3.03. The minimum Gasteiger partial charge on any atom is -0.493 e. The van der Waals surface area contributed by atoms with E-state index in [-0.39, 0.29) is 12.4 Å². The van der Waals surface area contributed by atoms with E-state index in [0.717, 1.165) is 31.1 Å². The molecule has 1 heterocycles.